The van der Waals surface area contributed by atoms with Crippen molar-refractivity contribution >= 4 is 11.6 Å². The fraction of sp³-hybridized carbons (Fsp3) is 0.800. The van der Waals surface area contributed by atoms with E-state index in [1.165, 1.54) is 19.3 Å². The molecule has 1 saturated carbocycles. The van der Waals surface area contributed by atoms with Crippen molar-refractivity contribution in [3.63, 3.8) is 0 Å². The summed E-state index contributed by atoms with van der Waals surface area (Å²) in [5.74, 6) is 0. The maximum Gasteiger partial charge on any atom is 0.0651 e. The van der Waals surface area contributed by atoms with Gasteiger partial charge in [0, 0.05) is 24.2 Å². The number of hydrogen-bond acceptors (Lipinski definition) is 2. The minimum absolute atomic E-state index is 0.370. The second kappa shape index (κ2) is 3.99. The minimum Gasteiger partial charge on any atom is -0.378 e. The van der Waals surface area contributed by atoms with Crippen molar-refractivity contribution in [2.24, 2.45) is 0 Å². The molecule has 3 heteroatoms. The van der Waals surface area contributed by atoms with Crippen LogP contribution in [0.2, 0.25) is 0 Å². The molecule has 1 aliphatic carbocycles. The largest absolute Gasteiger partial charge is 0.378 e. The van der Waals surface area contributed by atoms with Crippen LogP contribution in [0.25, 0.3) is 0 Å². The molecule has 0 bridgehead atoms. The van der Waals surface area contributed by atoms with E-state index >= 15 is 0 Å². The average molecular weight is 202 g/mol. The van der Waals surface area contributed by atoms with Crippen molar-refractivity contribution < 1.29 is 4.74 Å². The van der Waals surface area contributed by atoms with Gasteiger partial charge in [0.1, 0.15) is 0 Å². The van der Waals surface area contributed by atoms with E-state index in [1.54, 1.807) is 5.54 Å². The third kappa shape index (κ3) is 1.76. The van der Waals surface area contributed by atoms with Gasteiger partial charge in [0.15, 0.2) is 0 Å². The zero-order valence-electron chi connectivity index (χ0n) is 7.84. The molecule has 1 aliphatic heterocycles. The molecule has 0 amide bonds. The Morgan fingerprint density at radius 1 is 1.46 bits per heavy atom. The predicted molar refractivity (Wildman–Crippen MR) is 54.0 cm³/mol. The summed E-state index contributed by atoms with van der Waals surface area (Å²) in [5.41, 5.74) is 1.98. The molecule has 1 heterocycles. The fourth-order valence-corrected chi connectivity index (χ4v) is 2.34. The van der Waals surface area contributed by atoms with Crippen LogP contribution in [0.5, 0.6) is 0 Å². The lowest BCUT2D eigenvalue weighted by Crippen LogP contribution is -2.60. The highest BCUT2D eigenvalue weighted by Crippen LogP contribution is 2.39. The van der Waals surface area contributed by atoms with Crippen molar-refractivity contribution in [3.8, 4) is 0 Å². The molecule has 1 saturated heterocycles. The van der Waals surface area contributed by atoms with Crippen molar-refractivity contribution in [2.45, 2.75) is 24.8 Å². The number of halogens is 1. The topological polar surface area (TPSA) is 12.5 Å². The minimum atomic E-state index is 0.370. The molecule has 0 aromatic rings. The van der Waals surface area contributed by atoms with E-state index in [0.717, 1.165) is 26.3 Å². The Morgan fingerprint density at radius 3 is 2.92 bits per heavy atom. The first-order valence-corrected chi connectivity index (χ1v) is 5.39. The maximum absolute atomic E-state index is 5.54. The number of rotatable bonds is 2. The first kappa shape index (κ1) is 9.50. The summed E-state index contributed by atoms with van der Waals surface area (Å²) < 4.78 is 5.54. The lowest BCUT2D eigenvalue weighted by molar-refractivity contribution is -0.101. The molecular weight excluding hydrogens is 186 g/mol. The quantitative estimate of drug-likeness (QED) is 0.678. The van der Waals surface area contributed by atoms with Crippen molar-refractivity contribution in [1.29, 1.82) is 0 Å². The van der Waals surface area contributed by atoms with E-state index < -0.39 is 0 Å². The van der Waals surface area contributed by atoms with Gasteiger partial charge >= 0.3 is 0 Å². The summed E-state index contributed by atoms with van der Waals surface area (Å²) >= 11 is 5.54. The first-order chi connectivity index (χ1) is 6.37. The maximum atomic E-state index is 5.54. The van der Waals surface area contributed by atoms with Gasteiger partial charge < -0.3 is 4.74 Å². The zero-order valence-corrected chi connectivity index (χ0v) is 8.59. The molecule has 74 valence electrons. The third-order valence-corrected chi connectivity index (χ3v) is 3.42. The smallest absolute Gasteiger partial charge is 0.0651 e. The molecule has 0 unspecified atom stereocenters. The van der Waals surface area contributed by atoms with Crippen LogP contribution < -0.4 is 0 Å². The van der Waals surface area contributed by atoms with E-state index in [0.29, 0.717) is 5.54 Å². The van der Waals surface area contributed by atoms with E-state index in [2.05, 4.69) is 4.90 Å². The van der Waals surface area contributed by atoms with Gasteiger partial charge in [-0.1, -0.05) is 17.7 Å². The standard InChI is InChI=1S/C10H16ClNO/c11-5-2-6-12-7-8-13-9-10(12)3-1-4-10/h2,5H,1,3-4,6-9H2/b5-2+. The Bertz CT molecular complexity index is 201. The monoisotopic (exact) mass is 201 g/mol. The Labute approximate surface area is 84.5 Å². The molecule has 1 spiro atoms. The van der Waals surface area contributed by atoms with Gasteiger partial charge in [-0.15, -0.1) is 0 Å². The van der Waals surface area contributed by atoms with Crippen molar-refractivity contribution in [1.82, 2.24) is 4.90 Å². The van der Waals surface area contributed by atoms with Gasteiger partial charge in [-0.2, -0.15) is 0 Å². The summed E-state index contributed by atoms with van der Waals surface area (Å²) in [6.45, 7) is 3.83. The van der Waals surface area contributed by atoms with Gasteiger partial charge in [0.2, 0.25) is 0 Å². The molecule has 0 N–H and O–H groups in total. The highest BCUT2D eigenvalue weighted by Gasteiger charge is 2.43. The van der Waals surface area contributed by atoms with Crippen LogP contribution in [-0.4, -0.2) is 36.7 Å². The van der Waals surface area contributed by atoms with Crippen LogP contribution in [0.1, 0.15) is 19.3 Å². The second-order valence-corrected chi connectivity index (χ2v) is 4.19. The molecule has 0 aromatic carbocycles. The number of nitrogens with zero attached hydrogens (tertiary/aromatic N) is 1. The molecule has 0 aromatic heterocycles. The summed E-state index contributed by atoms with van der Waals surface area (Å²) in [5, 5.41) is 0. The van der Waals surface area contributed by atoms with E-state index in [-0.39, 0.29) is 0 Å². The number of morpholine rings is 1. The summed E-state index contributed by atoms with van der Waals surface area (Å²) in [4.78, 5) is 2.51. The molecule has 2 rings (SSSR count). The van der Waals surface area contributed by atoms with Crippen LogP contribution in [0.15, 0.2) is 11.6 Å². The molecule has 13 heavy (non-hydrogen) atoms. The molecule has 0 radical (unpaired) electrons. The third-order valence-electron chi connectivity index (χ3n) is 3.25. The van der Waals surface area contributed by atoms with Crippen LogP contribution >= 0.6 is 11.6 Å². The summed E-state index contributed by atoms with van der Waals surface area (Å²) in [6, 6.07) is 0. The molecule has 2 fully saturated rings. The molecule has 2 nitrogen and oxygen atoms in total. The van der Waals surface area contributed by atoms with Gasteiger partial charge in [0.05, 0.1) is 13.2 Å². The average Bonchev–Trinajstić information content (AvgIpc) is 2.12. The fourth-order valence-electron chi connectivity index (χ4n) is 2.26. The van der Waals surface area contributed by atoms with Crippen LogP contribution in [0, 0.1) is 0 Å². The highest BCUT2D eigenvalue weighted by atomic mass is 35.5. The molecule has 2 aliphatic rings. The second-order valence-electron chi connectivity index (χ2n) is 3.94. The van der Waals surface area contributed by atoms with E-state index in [1.807, 2.05) is 6.08 Å². The SMILES string of the molecule is Cl/C=C/CN1CCOCC12CCC2. The molecular formula is C10H16ClNO. The van der Waals surface area contributed by atoms with Gasteiger partial charge in [-0.25, -0.2) is 0 Å². The summed E-state index contributed by atoms with van der Waals surface area (Å²) in [7, 11) is 0. The highest BCUT2D eigenvalue weighted by molar-refractivity contribution is 6.25. The number of ether oxygens (including phenoxy) is 1. The van der Waals surface area contributed by atoms with Crippen LogP contribution in [0.4, 0.5) is 0 Å². The number of hydrogen-bond donors (Lipinski definition) is 0. The lowest BCUT2D eigenvalue weighted by atomic mass is 9.75. The Balaban J connectivity index is 1.96. The Morgan fingerprint density at radius 2 is 2.31 bits per heavy atom. The normalized spacial score (nSPS) is 28.1. The Kier molecular flexibility index (Phi) is 2.92. The molecule has 0 atom stereocenters. The Hall–Kier alpha value is -0.0500. The van der Waals surface area contributed by atoms with E-state index in [9.17, 15) is 0 Å². The van der Waals surface area contributed by atoms with Crippen molar-refractivity contribution in [2.75, 3.05) is 26.3 Å². The van der Waals surface area contributed by atoms with Gasteiger partial charge in [-0.3, -0.25) is 4.90 Å². The van der Waals surface area contributed by atoms with Crippen LogP contribution in [0.3, 0.4) is 0 Å². The zero-order chi connectivity index (χ0) is 9.15. The lowest BCUT2D eigenvalue weighted by Gasteiger charge is -2.52. The van der Waals surface area contributed by atoms with E-state index in [4.69, 9.17) is 16.3 Å². The summed E-state index contributed by atoms with van der Waals surface area (Å²) in [6.07, 6.45) is 5.96. The predicted octanol–water partition coefficient (Wildman–Crippen LogP) is 1.99. The first-order valence-electron chi connectivity index (χ1n) is 4.95. The van der Waals surface area contributed by atoms with Crippen molar-refractivity contribution in [3.05, 3.63) is 11.6 Å². The van der Waals surface area contributed by atoms with Gasteiger partial charge in [-0.05, 0) is 19.3 Å². The van der Waals surface area contributed by atoms with Gasteiger partial charge in [0.25, 0.3) is 0 Å². The van der Waals surface area contributed by atoms with Crippen LogP contribution in [-0.2, 0) is 4.74 Å².